The van der Waals surface area contributed by atoms with Crippen molar-refractivity contribution in [2.24, 2.45) is 0 Å². The third-order valence-electron chi connectivity index (χ3n) is 1.98. The first-order valence-corrected chi connectivity index (χ1v) is 5.44. The normalized spacial score (nSPS) is 11.5. The summed E-state index contributed by atoms with van der Waals surface area (Å²) < 4.78 is 5.46. The molecular formula is C12H17ClO2. The van der Waals surface area contributed by atoms with E-state index in [-0.39, 0.29) is 6.61 Å². The number of benzene rings is 1. The SMILES string of the molecule is CCc1ccc(Cl)c(OCC(C)(C)O)c1. The number of hydrogen-bond acceptors (Lipinski definition) is 2. The molecule has 1 rings (SSSR count). The third kappa shape index (κ3) is 4.10. The second-order valence-corrected chi connectivity index (χ2v) is 4.63. The highest BCUT2D eigenvalue weighted by Crippen LogP contribution is 2.26. The maximum absolute atomic E-state index is 9.53. The zero-order chi connectivity index (χ0) is 11.5. The highest BCUT2D eigenvalue weighted by Gasteiger charge is 2.14. The molecule has 0 unspecified atom stereocenters. The van der Waals surface area contributed by atoms with E-state index in [1.165, 1.54) is 5.56 Å². The molecule has 0 aliphatic heterocycles. The lowest BCUT2D eigenvalue weighted by molar-refractivity contribution is 0.0285. The molecule has 0 atom stereocenters. The first-order chi connectivity index (χ1) is 6.92. The summed E-state index contributed by atoms with van der Waals surface area (Å²) in [4.78, 5) is 0. The molecule has 1 N–H and O–H groups in total. The Morgan fingerprint density at radius 2 is 2.07 bits per heavy atom. The van der Waals surface area contributed by atoms with Crippen molar-refractivity contribution in [2.75, 3.05) is 6.61 Å². The van der Waals surface area contributed by atoms with Crippen LogP contribution in [0.3, 0.4) is 0 Å². The van der Waals surface area contributed by atoms with E-state index < -0.39 is 5.60 Å². The van der Waals surface area contributed by atoms with Gasteiger partial charge in [-0.15, -0.1) is 0 Å². The van der Waals surface area contributed by atoms with Gasteiger partial charge in [0.05, 0.1) is 10.6 Å². The fraction of sp³-hybridized carbons (Fsp3) is 0.500. The lowest BCUT2D eigenvalue weighted by atomic mass is 10.1. The van der Waals surface area contributed by atoms with E-state index in [9.17, 15) is 5.11 Å². The van der Waals surface area contributed by atoms with E-state index in [2.05, 4.69) is 6.92 Å². The van der Waals surface area contributed by atoms with Gasteiger partial charge < -0.3 is 9.84 Å². The molecule has 0 aliphatic carbocycles. The minimum atomic E-state index is -0.842. The summed E-state index contributed by atoms with van der Waals surface area (Å²) in [6, 6.07) is 5.70. The van der Waals surface area contributed by atoms with Gasteiger partial charge in [0.25, 0.3) is 0 Å². The molecule has 0 amide bonds. The van der Waals surface area contributed by atoms with Crippen molar-refractivity contribution in [3.8, 4) is 5.75 Å². The van der Waals surface area contributed by atoms with Gasteiger partial charge in [-0.3, -0.25) is 0 Å². The molecule has 0 saturated heterocycles. The van der Waals surface area contributed by atoms with Crippen LogP contribution in [0, 0.1) is 0 Å². The lowest BCUT2D eigenvalue weighted by Crippen LogP contribution is -2.27. The Hall–Kier alpha value is -0.730. The molecule has 0 aromatic heterocycles. The molecule has 1 aromatic carbocycles. The molecule has 0 aliphatic rings. The van der Waals surface area contributed by atoms with Crippen molar-refractivity contribution < 1.29 is 9.84 Å². The summed E-state index contributed by atoms with van der Waals surface area (Å²) in [5.74, 6) is 0.637. The first kappa shape index (κ1) is 12.3. The molecule has 0 heterocycles. The van der Waals surface area contributed by atoms with Gasteiger partial charge in [-0.2, -0.15) is 0 Å². The van der Waals surface area contributed by atoms with Gasteiger partial charge in [0, 0.05) is 0 Å². The molecule has 0 fully saturated rings. The van der Waals surface area contributed by atoms with Crippen molar-refractivity contribution in [3.05, 3.63) is 28.8 Å². The maximum atomic E-state index is 9.53. The molecular weight excluding hydrogens is 212 g/mol. The molecule has 0 saturated carbocycles. The van der Waals surface area contributed by atoms with Crippen LogP contribution < -0.4 is 4.74 Å². The predicted octanol–water partition coefficient (Wildman–Crippen LogP) is 3.05. The van der Waals surface area contributed by atoms with Gasteiger partial charge >= 0.3 is 0 Å². The van der Waals surface area contributed by atoms with E-state index in [4.69, 9.17) is 16.3 Å². The van der Waals surface area contributed by atoms with E-state index in [0.29, 0.717) is 10.8 Å². The van der Waals surface area contributed by atoms with Crippen molar-refractivity contribution >= 4 is 11.6 Å². The standard InChI is InChI=1S/C12H17ClO2/c1-4-9-5-6-10(13)11(7-9)15-8-12(2,3)14/h5-7,14H,4,8H2,1-3H3. The van der Waals surface area contributed by atoms with E-state index in [1.807, 2.05) is 18.2 Å². The molecule has 0 bridgehead atoms. The average Bonchev–Trinajstić information content (AvgIpc) is 2.15. The van der Waals surface area contributed by atoms with Gasteiger partial charge in [-0.25, -0.2) is 0 Å². The molecule has 2 nitrogen and oxygen atoms in total. The van der Waals surface area contributed by atoms with E-state index in [0.717, 1.165) is 6.42 Å². The topological polar surface area (TPSA) is 29.5 Å². The smallest absolute Gasteiger partial charge is 0.138 e. The van der Waals surface area contributed by atoms with E-state index >= 15 is 0 Å². The third-order valence-corrected chi connectivity index (χ3v) is 2.30. The highest BCUT2D eigenvalue weighted by molar-refractivity contribution is 6.32. The molecule has 3 heteroatoms. The van der Waals surface area contributed by atoms with E-state index in [1.54, 1.807) is 13.8 Å². The summed E-state index contributed by atoms with van der Waals surface area (Å²) in [6.07, 6.45) is 0.941. The van der Waals surface area contributed by atoms with Gasteiger partial charge in [0.15, 0.2) is 0 Å². The van der Waals surface area contributed by atoms with Crippen LogP contribution >= 0.6 is 11.6 Å². The average molecular weight is 229 g/mol. The number of halogens is 1. The molecule has 0 radical (unpaired) electrons. The number of aliphatic hydroxyl groups is 1. The Morgan fingerprint density at radius 1 is 1.40 bits per heavy atom. The predicted molar refractivity (Wildman–Crippen MR) is 62.6 cm³/mol. The number of hydrogen-bond donors (Lipinski definition) is 1. The summed E-state index contributed by atoms with van der Waals surface area (Å²) in [5.41, 5.74) is 0.330. The monoisotopic (exact) mass is 228 g/mol. The lowest BCUT2D eigenvalue weighted by Gasteiger charge is -2.18. The first-order valence-electron chi connectivity index (χ1n) is 5.06. The number of ether oxygens (including phenoxy) is 1. The molecule has 15 heavy (non-hydrogen) atoms. The second kappa shape index (κ2) is 4.86. The van der Waals surface area contributed by atoms with Gasteiger partial charge in [0.1, 0.15) is 12.4 Å². The Labute approximate surface area is 95.8 Å². The Balaban J connectivity index is 2.75. The van der Waals surface area contributed by atoms with Crippen molar-refractivity contribution in [1.29, 1.82) is 0 Å². The largest absolute Gasteiger partial charge is 0.489 e. The van der Waals surface area contributed by atoms with Crippen LogP contribution in [-0.2, 0) is 6.42 Å². The zero-order valence-electron chi connectivity index (χ0n) is 9.38. The molecule has 1 aromatic rings. The summed E-state index contributed by atoms with van der Waals surface area (Å²) >= 11 is 5.98. The molecule has 84 valence electrons. The van der Waals surface area contributed by atoms with Gasteiger partial charge in [0.2, 0.25) is 0 Å². The summed E-state index contributed by atoms with van der Waals surface area (Å²) in [7, 11) is 0. The Bertz CT molecular complexity index is 329. The quantitative estimate of drug-likeness (QED) is 0.859. The Kier molecular flexibility index (Phi) is 4.00. The van der Waals surface area contributed by atoms with Crippen molar-refractivity contribution in [3.63, 3.8) is 0 Å². The zero-order valence-corrected chi connectivity index (χ0v) is 10.1. The van der Waals surface area contributed by atoms with Crippen LogP contribution in [0.2, 0.25) is 5.02 Å². The minimum absolute atomic E-state index is 0.236. The van der Waals surface area contributed by atoms with Crippen LogP contribution in [-0.4, -0.2) is 17.3 Å². The summed E-state index contributed by atoms with van der Waals surface area (Å²) in [5, 5.41) is 10.1. The molecule has 0 spiro atoms. The number of aryl methyl sites for hydroxylation is 1. The maximum Gasteiger partial charge on any atom is 0.138 e. The number of rotatable bonds is 4. The van der Waals surface area contributed by atoms with Crippen molar-refractivity contribution in [1.82, 2.24) is 0 Å². The fourth-order valence-electron chi connectivity index (χ4n) is 1.13. The minimum Gasteiger partial charge on any atom is -0.489 e. The van der Waals surface area contributed by atoms with Crippen LogP contribution in [0.15, 0.2) is 18.2 Å². The van der Waals surface area contributed by atoms with Gasteiger partial charge in [-0.1, -0.05) is 24.6 Å². The van der Waals surface area contributed by atoms with Crippen LogP contribution in [0.25, 0.3) is 0 Å². The Morgan fingerprint density at radius 3 is 2.60 bits per heavy atom. The van der Waals surface area contributed by atoms with Crippen LogP contribution in [0.5, 0.6) is 5.75 Å². The fourth-order valence-corrected chi connectivity index (χ4v) is 1.30. The van der Waals surface area contributed by atoms with Crippen LogP contribution in [0.1, 0.15) is 26.3 Å². The van der Waals surface area contributed by atoms with Crippen molar-refractivity contribution in [2.45, 2.75) is 32.8 Å². The highest BCUT2D eigenvalue weighted by atomic mass is 35.5. The summed E-state index contributed by atoms with van der Waals surface area (Å²) in [6.45, 7) is 5.71. The second-order valence-electron chi connectivity index (χ2n) is 4.22. The van der Waals surface area contributed by atoms with Gasteiger partial charge in [-0.05, 0) is 38.0 Å². The van der Waals surface area contributed by atoms with Crippen LogP contribution in [0.4, 0.5) is 0 Å².